The monoisotopic (exact) mass is 286 g/mol. The van der Waals surface area contributed by atoms with Crippen LogP contribution in [-0.4, -0.2) is 31.6 Å². The first-order chi connectivity index (χ1) is 8.92. The Hall–Kier alpha value is -1.67. The van der Waals surface area contributed by atoms with Crippen LogP contribution in [0, 0.1) is 11.2 Å². The zero-order valence-corrected chi connectivity index (χ0v) is 11.0. The second-order valence-electron chi connectivity index (χ2n) is 4.29. The maximum Gasteiger partial charge on any atom is 0.301 e. The number of benzene rings is 1. The number of nitrogens with two attached hydrogens (primary N) is 1. The van der Waals surface area contributed by atoms with E-state index in [4.69, 9.17) is 11.1 Å². The molecule has 0 unspecified atom stereocenters. The van der Waals surface area contributed by atoms with Crippen LogP contribution >= 0.6 is 0 Å². The van der Waals surface area contributed by atoms with Gasteiger partial charge in [-0.1, -0.05) is 6.07 Å². The van der Waals surface area contributed by atoms with Gasteiger partial charge in [0, 0.05) is 13.1 Å². The molecule has 1 aromatic rings. The molecular formula is C11H15FN4O2S. The third-order valence-corrected chi connectivity index (χ3v) is 4.45. The predicted octanol–water partition coefficient (Wildman–Crippen LogP) is 0.862. The number of amidine groups is 1. The number of anilines is 1. The Morgan fingerprint density at radius 2 is 2.00 bits per heavy atom. The van der Waals surface area contributed by atoms with Crippen molar-refractivity contribution in [3.8, 4) is 0 Å². The maximum atomic E-state index is 13.6. The van der Waals surface area contributed by atoms with Gasteiger partial charge in [-0.25, -0.2) is 4.39 Å². The fourth-order valence-electron chi connectivity index (χ4n) is 2.01. The van der Waals surface area contributed by atoms with Crippen molar-refractivity contribution in [1.82, 2.24) is 4.31 Å². The van der Waals surface area contributed by atoms with E-state index >= 15 is 0 Å². The zero-order valence-electron chi connectivity index (χ0n) is 10.2. The molecule has 0 saturated carbocycles. The van der Waals surface area contributed by atoms with Gasteiger partial charge >= 0.3 is 10.2 Å². The van der Waals surface area contributed by atoms with Crippen LogP contribution in [0.2, 0.25) is 0 Å². The summed E-state index contributed by atoms with van der Waals surface area (Å²) in [4.78, 5) is 0. The summed E-state index contributed by atoms with van der Waals surface area (Å²) in [7, 11) is -3.72. The van der Waals surface area contributed by atoms with Gasteiger partial charge in [-0.2, -0.15) is 12.7 Å². The lowest BCUT2D eigenvalue weighted by atomic mass is 10.1. The van der Waals surface area contributed by atoms with Crippen molar-refractivity contribution in [1.29, 1.82) is 5.41 Å². The molecule has 4 N–H and O–H groups in total. The summed E-state index contributed by atoms with van der Waals surface area (Å²) in [5.41, 5.74) is 5.04. The van der Waals surface area contributed by atoms with Gasteiger partial charge in [-0.05, 0) is 25.0 Å². The van der Waals surface area contributed by atoms with Gasteiger partial charge in [0.25, 0.3) is 0 Å². The Morgan fingerprint density at radius 1 is 1.37 bits per heavy atom. The van der Waals surface area contributed by atoms with Crippen LogP contribution in [0.4, 0.5) is 10.1 Å². The third kappa shape index (κ3) is 2.85. The highest BCUT2D eigenvalue weighted by Gasteiger charge is 2.26. The average molecular weight is 286 g/mol. The molecule has 8 heteroatoms. The Balaban J connectivity index is 2.33. The fourth-order valence-corrected chi connectivity index (χ4v) is 3.33. The summed E-state index contributed by atoms with van der Waals surface area (Å²) in [6.07, 6.45) is 1.62. The Morgan fingerprint density at radius 3 is 2.58 bits per heavy atom. The minimum absolute atomic E-state index is 0.0144. The molecule has 6 nitrogen and oxygen atoms in total. The van der Waals surface area contributed by atoms with E-state index in [-0.39, 0.29) is 11.3 Å². The quantitative estimate of drug-likeness (QED) is 0.565. The normalized spacial score (nSPS) is 16.5. The smallest absolute Gasteiger partial charge is 0.301 e. The summed E-state index contributed by atoms with van der Waals surface area (Å²) < 4.78 is 41.3. The molecule has 0 bridgehead atoms. The number of halogens is 1. The van der Waals surface area contributed by atoms with E-state index in [1.807, 2.05) is 0 Å². The van der Waals surface area contributed by atoms with Gasteiger partial charge < -0.3 is 5.73 Å². The van der Waals surface area contributed by atoms with Crippen LogP contribution in [0.3, 0.4) is 0 Å². The molecule has 1 aromatic carbocycles. The minimum atomic E-state index is -3.72. The molecule has 0 aliphatic carbocycles. The summed E-state index contributed by atoms with van der Waals surface area (Å²) >= 11 is 0. The largest absolute Gasteiger partial charge is 0.384 e. The summed E-state index contributed by atoms with van der Waals surface area (Å²) in [6, 6.07) is 3.88. The number of hydrogen-bond donors (Lipinski definition) is 3. The second kappa shape index (κ2) is 5.14. The molecule has 0 radical (unpaired) electrons. The van der Waals surface area contributed by atoms with Crippen molar-refractivity contribution >= 4 is 21.7 Å². The number of nitrogens with zero attached hydrogens (tertiary/aromatic N) is 1. The van der Waals surface area contributed by atoms with Crippen molar-refractivity contribution in [3.05, 3.63) is 29.6 Å². The van der Waals surface area contributed by atoms with Crippen molar-refractivity contribution < 1.29 is 12.8 Å². The van der Waals surface area contributed by atoms with Gasteiger partial charge in [0.1, 0.15) is 11.7 Å². The van der Waals surface area contributed by atoms with E-state index in [2.05, 4.69) is 4.72 Å². The molecule has 1 saturated heterocycles. The Bertz CT molecular complexity index is 597. The lowest BCUT2D eigenvalue weighted by Crippen LogP contribution is -2.34. The summed E-state index contributed by atoms with van der Waals surface area (Å²) in [5.74, 6) is -1.24. The standard InChI is InChI=1S/C11H15FN4O2S/c12-8-4-3-5-9(10(8)11(13)14)15-19(17,18)16-6-1-2-7-16/h3-5,15H,1-2,6-7H2,(H3,13,14). The van der Waals surface area contributed by atoms with Gasteiger partial charge in [0.05, 0.1) is 11.3 Å². The lowest BCUT2D eigenvalue weighted by Gasteiger charge is -2.18. The highest BCUT2D eigenvalue weighted by atomic mass is 32.2. The van der Waals surface area contributed by atoms with Crippen molar-refractivity contribution in [2.45, 2.75) is 12.8 Å². The van der Waals surface area contributed by atoms with E-state index in [0.29, 0.717) is 13.1 Å². The van der Waals surface area contributed by atoms with Crippen LogP contribution in [0.25, 0.3) is 0 Å². The number of nitrogen functional groups attached to an aromatic ring is 1. The van der Waals surface area contributed by atoms with Crippen LogP contribution < -0.4 is 10.5 Å². The molecule has 1 heterocycles. The second-order valence-corrected chi connectivity index (χ2v) is 5.96. The predicted molar refractivity (Wildman–Crippen MR) is 70.8 cm³/mol. The van der Waals surface area contributed by atoms with Gasteiger partial charge in [-0.15, -0.1) is 0 Å². The highest BCUT2D eigenvalue weighted by Crippen LogP contribution is 2.22. The first kappa shape index (κ1) is 13.8. The zero-order chi connectivity index (χ0) is 14.0. The van der Waals surface area contributed by atoms with Crippen molar-refractivity contribution in [3.63, 3.8) is 0 Å². The van der Waals surface area contributed by atoms with E-state index < -0.39 is 21.9 Å². The topological polar surface area (TPSA) is 99.3 Å². The summed E-state index contributed by atoms with van der Waals surface area (Å²) in [6.45, 7) is 0.889. The average Bonchev–Trinajstić information content (AvgIpc) is 2.81. The highest BCUT2D eigenvalue weighted by molar-refractivity contribution is 7.90. The van der Waals surface area contributed by atoms with E-state index in [1.54, 1.807) is 0 Å². The lowest BCUT2D eigenvalue weighted by molar-refractivity contribution is 0.482. The number of hydrogen-bond acceptors (Lipinski definition) is 3. The molecular weight excluding hydrogens is 271 g/mol. The Kier molecular flexibility index (Phi) is 3.72. The number of nitrogens with one attached hydrogen (secondary N) is 2. The third-order valence-electron chi connectivity index (χ3n) is 2.93. The van der Waals surface area contributed by atoms with Gasteiger partial charge in [0.15, 0.2) is 0 Å². The van der Waals surface area contributed by atoms with Crippen molar-refractivity contribution in [2.75, 3.05) is 17.8 Å². The number of rotatable bonds is 4. The van der Waals surface area contributed by atoms with Crippen molar-refractivity contribution in [2.24, 2.45) is 5.73 Å². The van der Waals surface area contributed by atoms with Gasteiger partial charge in [0.2, 0.25) is 0 Å². The fraction of sp³-hybridized carbons (Fsp3) is 0.364. The summed E-state index contributed by atoms with van der Waals surface area (Å²) in [5, 5.41) is 7.32. The van der Waals surface area contributed by atoms with Crippen LogP contribution in [0.15, 0.2) is 18.2 Å². The molecule has 2 rings (SSSR count). The first-order valence-corrected chi connectivity index (χ1v) is 7.26. The SMILES string of the molecule is N=C(N)c1c(F)cccc1NS(=O)(=O)N1CCCC1. The van der Waals surface area contributed by atoms with Gasteiger partial charge in [-0.3, -0.25) is 10.1 Å². The molecule has 0 spiro atoms. The molecule has 1 aliphatic heterocycles. The molecule has 19 heavy (non-hydrogen) atoms. The molecule has 0 amide bonds. The molecule has 1 fully saturated rings. The Labute approximate surface area is 111 Å². The minimum Gasteiger partial charge on any atom is -0.384 e. The molecule has 1 aliphatic rings. The molecule has 0 atom stereocenters. The van der Waals surface area contributed by atoms with Crippen LogP contribution in [0.1, 0.15) is 18.4 Å². The maximum absolute atomic E-state index is 13.6. The van der Waals surface area contributed by atoms with E-state index in [1.165, 1.54) is 16.4 Å². The molecule has 0 aromatic heterocycles. The van der Waals surface area contributed by atoms with Crippen LogP contribution in [-0.2, 0) is 10.2 Å². The molecule has 104 valence electrons. The van der Waals surface area contributed by atoms with Crippen LogP contribution in [0.5, 0.6) is 0 Å². The first-order valence-electron chi connectivity index (χ1n) is 5.82. The van der Waals surface area contributed by atoms with E-state index in [9.17, 15) is 12.8 Å². The van der Waals surface area contributed by atoms with E-state index in [0.717, 1.165) is 18.9 Å².